The number of fused-ring (bicyclic) bond motifs is 2. The van der Waals surface area contributed by atoms with E-state index in [1.54, 1.807) is 77.9 Å². The molecule has 188 valence electrons. The number of Topliss-reactive ketones (excluding diaryl/α,β-unsaturated/α-hetero) is 2. The van der Waals surface area contributed by atoms with E-state index in [1.807, 2.05) is 0 Å². The summed E-state index contributed by atoms with van der Waals surface area (Å²) >= 11 is 6.76. The number of rotatable bonds is 0. The molecular weight excluding hydrogens is 596 g/mol. The lowest BCUT2D eigenvalue weighted by Crippen LogP contribution is -2.40. The van der Waals surface area contributed by atoms with Gasteiger partial charge < -0.3 is 9.47 Å². The van der Waals surface area contributed by atoms with E-state index in [-0.39, 0.29) is 33.9 Å². The molecule has 0 unspecified atom stereocenters. The van der Waals surface area contributed by atoms with E-state index in [4.69, 9.17) is 9.47 Å². The van der Waals surface area contributed by atoms with Gasteiger partial charge in [-0.15, -0.1) is 0 Å². The molecule has 2 aromatic rings. The van der Waals surface area contributed by atoms with Gasteiger partial charge in [-0.25, -0.2) is 19.4 Å². The van der Waals surface area contributed by atoms with Gasteiger partial charge in [0.2, 0.25) is 11.6 Å². The number of nitrogens with zero attached hydrogens (tertiary/aromatic N) is 2. The summed E-state index contributed by atoms with van der Waals surface area (Å²) in [7, 11) is 0. The van der Waals surface area contributed by atoms with Crippen LogP contribution in [0.1, 0.15) is 62.3 Å². The average molecular weight is 620 g/mol. The number of ketones is 2. The molecule has 10 heteroatoms. The van der Waals surface area contributed by atoms with Crippen LogP contribution in [0.25, 0.3) is 0 Å². The minimum Gasteiger partial charge on any atom is -0.443 e. The molecule has 2 aliphatic heterocycles. The first-order chi connectivity index (χ1) is 16.6. The number of anilines is 2. The summed E-state index contributed by atoms with van der Waals surface area (Å²) in [5, 5.41) is 0. The predicted molar refractivity (Wildman–Crippen MR) is 141 cm³/mol. The zero-order valence-corrected chi connectivity index (χ0v) is 23.7. The fraction of sp³-hybridized carbons (Fsp3) is 0.308. The normalized spacial score (nSPS) is 17.3. The second-order valence-electron chi connectivity index (χ2n) is 10.3. The number of hydrogen-bond acceptors (Lipinski definition) is 6. The summed E-state index contributed by atoms with van der Waals surface area (Å²) in [6.07, 6.45) is -1.72. The summed E-state index contributed by atoms with van der Waals surface area (Å²) in [5.41, 5.74) is -1.52. The molecule has 0 N–H and O–H groups in total. The van der Waals surface area contributed by atoms with Crippen molar-refractivity contribution in [3.8, 4) is 0 Å². The van der Waals surface area contributed by atoms with Gasteiger partial charge in [0, 0.05) is 8.95 Å². The number of halogens is 2. The van der Waals surface area contributed by atoms with Crippen molar-refractivity contribution in [1.29, 1.82) is 0 Å². The zero-order valence-electron chi connectivity index (χ0n) is 20.6. The van der Waals surface area contributed by atoms with Crippen LogP contribution in [-0.4, -0.2) is 35.0 Å². The minimum atomic E-state index is -0.888. The minimum absolute atomic E-state index is 0.179. The highest BCUT2D eigenvalue weighted by Crippen LogP contribution is 2.46. The Morgan fingerprint density at radius 3 is 1.31 bits per heavy atom. The van der Waals surface area contributed by atoms with Gasteiger partial charge in [0.1, 0.15) is 22.6 Å². The fourth-order valence-corrected chi connectivity index (χ4v) is 5.02. The molecule has 0 saturated carbocycles. The van der Waals surface area contributed by atoms with Crippen LogP contribution < -0.4 is 9.80 Å². The smallest absolute Gasteiger partial charge is 0.419 e. The highest BCUT2D eigenvalue weighted by atomic mass is 79.9. The van der Waals surface area contributed by atoms with Crippen molar-refractivity contribution in [1.82, 2.24) is 0 Å². The van der Waals surface area contributed by atoms with Crippen molar-refractivity contribution in [3.05, 3.63) is 67.9 Å². The third-order valence-electron chi connectivity index (χ3n) is 5.17. The summed E-state index contributed by atoms with van der Waals surface area (Å²) in [5.74, 6) is -1.21. The number of hydrogen-bond donors (Lipinski definition) is 0. The fourth-order valence-electron chi connectivity index (χ4n) is 3.95. The molecule has 0 spiro atoms. The molecule has 4 rings (SSSR count). The van der Waals surface area contributed by atoms with Crippen LogP contribution in [0, 0.1) is 0 Å². The lowest BCUT2D eigenvalue weighted by Gasteiger charge is -2.28. The first-order valence-electron chi connectivity index (χ1n) is 11.1. The molecule has 0 saturated heterocycles. The number of amides is 2. The first kappa shape index (κ1) is 26.1. The molecule has 0 bridgehead atoms. The van der Waals surface area contributed by atoms with Crippen molar-refractivity contribution in [2.75, 3.05) is 9.80 Å². The SMILES string of the molecule is CC(C)(C)OC(=O)N1/C(=C2\C(=O)c3c(Br)cccc3N2C(=O)OC(C)(C)C)C(=O)c2c(Br)cccc21. The Morgan fingerprint density at radius 1 is 0.667 bits per heavy atom. The topological polar surface area (TPSA) is 93.2 Å². The molecule has 2 amide bonds. The second kappa shape index (κ2) is 8.85. The van der Waals surface area contributed by atoms with Gasteiger partial charge >= 0.3 is 12.2 Å². The summed E-state index contributed by atoms with van der Waals surface area (Å²) in [6.45, 7) is 10.2. The van der Waals surface area contributed by atoms with Crippen LogP contribution in [-0.2, 0) is 9.47 Å². The molecule has 36 heavy (non-hydrogen) atoms. The van der Waals surface area contributed by atoms with E-state index in [0.717, 1.165) is 9.80 Å². The van der Waals surface area contributed by atoms with Crippen molar-refractivity contribution in [2.24, 2.45) is 0 Å². The molecule has 0 atom stereocenters. The van der Waals surface area contributed by atoms with Crippen LogP contribution in [0.4, 0.5) is 21.0 Å². The van der Waals surface area contributed by atoms with Crippen LogP contribution in [0.5, 0.6) is 0 Å². The molecule has 0 aromatic heterocycles. The van der Waals surface area contributed by atoms with Crippen LogP contribution in [0.3, 0.4) is 0 Å². The molecule has 0 fully saturated rings. The van der Waals surface area contributed by atoms with Crippen LogP contribution in [0.15, 0.2) is 56.7 Å². The summed E-state index contributed by atoms with van der Waals surface area (Å²) < 4.78 is 12.1. The molecule has 8 nitrogen and oxygen atoms in total. The number of allylic oxidation sites excluding steroid dienone is 2. The highest BCUT2D eigenvalue weighted by Gasteiger charge is 2.49. The first-order valence-corrected chi connectivity index (χ1v) is 12.7. The van der Waals surface area contributed by atoms with Gasteiger partial charge in [-0.3, -0.25) is 9.59 Å². The number of ether oxygens (including phenoxy) is 2. The van der Waals surface area contributed by atoms with Crippen molar-refractivity contribution < 1.29 is 28.7 Å². The highest BCUT2D eigenvalue weighted by molar-refractivity contribution is 9.10. The van der Waals surface area contributed by atoms with Crippen LogP contribution >= 0.6 is 31.9 Å². The monoisotopic (exact) mass is 618 g/mol. The molecule has 2 aliphatic rings. The lowest BCUT2D eigenvalue weighted by atomic mass is 10.1. The third-order valence-corrected chi connectivity index (χ3v) is 6.49. The average Bonchev–Trinajstić information content (AvgIpc) is 3.18. The van der Waals surface area contributed by atoms with Crippen molar-refractivity contribution in [3.63, 3.8) is 0 Å². The number of carbonyl (C=O) groups excluding carboxylic acids is 4. The van der Waals surface area contributed by atoms with Gasteiger partial charge in [0.05, 0.1) is 22.5 Å². The maximum absolute atomic E-state index is 13.8. The quantitative estimate of drug-likeness (QED) is 0.295. The van der Waals surface area contributed by atoms with Crippen LogP contribution in [0.2, 0.25) is 0 Å². The van der Waals surface area contributed by atoms with E-state index in [2.05, 4.69) is 31.9 Å². The second-order valence-corrected chi connectivity index (χ2v) is 12.0. The lowest BCUT2D eigenvalue weighted by molar-refractivity contribution is 0.0571. The Bertz CT molecular complexity index is 1260. The molecule has 2 aromatic carbocycles. The largest absolute Gasteiger partial charge is 0.443 e. The van der Waals surface area contributed by atoms with Crippen molar-refractivity contribution in [2.45, 2.75) is 52.7 Å². The molecule has 2 heterocycles. The molecular formula is C26H24Br2N2O6. The van der Waals surface area contributed by atoms with Crippen molar-refractivity contribution >= 4 is 67.0 Å². The maximum Gasteiger partial charge on any atom is 0.419 e. The summed E-state index contributed by atoms with van der Waals surface area (Å²) in [6, 6.07) is 9.80. The van der Waals surface area contributed by atoms with E-state index in [9.17, 15) is 19.2 Å². The van der Waals surface area contributed by atoms with E-state index < -0.39 is 35.0 Å². The number of benzene rings is 2. The van der Waals surface area contributed by atoms with Gasteiger partial charge in [-0.1, -0.05) is 12.1 Å². The van der Waals surface area contributed by atoms with Gasteiger partial charge in [0.25, 0.3) is 0 Å². The third kappa shape index (κ3) is 4.48. The van der Waals surface area contributed by atoms with Gasteiger partial charge in [0.15, 0.2) is 0 Å². The Balaban J connectivity index is 2.03. The summed E-state index contributed by atoms with van der Waals surface area (Å²) in [4.78, 5) is 56.7. The van der Waals surface area contributed by atoms with E-state index in [1.165, 1.54) is 0 Å². The number of carbonyl (C=O) groups is 4. The van der Waals surface area contributed by atoms with Gasteiger partial charge in [-0.05, 0) is 97.7 Å². The van der Waals surface area contributed by atoms with E-state index in [0.29, 0.717) is 8.95 Å². The Hall–Kier alpha value is -2.98. The Kier molecular flexibility index (Phi) is 6.41. The molecule has 0 aliphatic carbocycles. The maximum atomic E-state index is 13.8. The zero-order chi connectivity index (χ0) is 26.7. The Labute approximate surface area is 225 Å². The predicted octanol–water partition coefficient (Wildman–Crippen LogP) is 7.00. The van der Waals surface area contributed by atoms with E-state index >= 15 is 0 Å². The molecule has 0 radical (unpaired) electrons. The standard InChI is InChI=1S/C26H24Br2N2O6/c1-25(2,3)35-23(33)29-15-11-7-9-13(27)17(15)21(31)19(29)20-22(32)18-14(28)10-8-12-16(18)30(20)24(34)36-26(4,5)6/h7-12H,1-6H3/b20-19+. The van der Waals surface area contributed by atoms with Gasteiger partial charge in [-0.2, -0.15) is 0 Å². The Morgan fingerprint density at radius 2 is 1.00 bits per heavy atom.